The van der Waals surface area contributed by atoms with E-state index in [9.17, 15) is 4.39 Å². The lowest BCUT2D eigenvalue weighted by Gasteiger charge is -2.07. The van der Waals surface area contributed by atoms with Crippen molar-refractivity contribution in [3.8, 4) is 50.8 Å². The van der Waals surface area contributed by atoms with Gasteiger partial charge in [-0.1, -0.05) is 105 Å². The first-order chi connectivity index (χ1) is 28.0. The highest BCUT2D eigenvalue weighted by molar-refractivity contribution is 7.80. The van der Waals surface area contributed by atoms with E-state index < -0.39 is 0 Å². The summed E-state index contributed by atoms with van der Waals surface area (Å²) in [4.78, 5) is 4.38. The molecule has 5 aromatic carbocycles. The van der Waals surface area contributed by atoms with Crippen molar-refractivity contribution in [1.82, 2.24) is 9.55 Å². The second kappa shape index (κ2) is 18.0. The van der Waals surface area contributed by atoms with E-state index >= 15 is 0 Å². The van der Waals surface area contributed by atoms with E-state index in [4.69, 9.17) is 9.15 Å². The molecule has 57 heavy (non-hydrogen) atoms. The lowest BCUT2D eigenvalue weighted by Crippen LogP contribution is -1.97. The first-order valence-corrected chi connectivity index (χ1v) is 20.6. The molecule has 0 atom stereocenters. The van der Waals surface area contributed by atoms with Gasteiger partial charge in [0.1, 0.15) is 23.1 Å². The van der Waals surface area contributed by atoms with Gasteiger partial charge >= 0.3 is 0 Å². The van der Waals surface area contributed by atoms with Gasteiger partial charge in [-0.25, -0.2) is 4.39 Å². The minimum Gasteiger partial charge on any atom is -0.494 e. The number of fused-ring (bicyclic) bond motifs is 3. The van der Waals surface area contributed by atoms with Crippen LogP contribution in [0, 0.1) is 5.82 Å². The number of thiol groups is 1. The van der Waals surface area contributed by atoms with E-state index in [-0.39, 0.29) is 5.82 Å². The summed E-state index contributed by atoms with van der Waals surface area (Å²) in [5, 5.41) is 2.43. The predicted octanol–water partition coefficient (Wildman–Crippen LogP) is 14.3. The molecule has 0 amide bonds. The van der Waals surface area contributed by atoms with Gasteiger partial charge in [-0.05, 0) is 114 Å². The Morgan fingerprint density at radius 1 is 0.614 bits per heavy atom. The summed E-state index contributed by atoms with van der Waals surface area (Å²) in [7, 11) is 2.13. The first-order valence-electron chi connectivity index (χ1n) is 20.0. The van der Waals surface area contributed by atoms with Crippen molar-refractivity contribution >= 4 is 46.6 Å². The molecule has 8 rings (SSSR count). The largest absolute Gasteiger partial charge is 0.494 e. The number of aromatic nitrogens is 2. The van der Waals surface area contributed by atoms with Crippen LogP contribution in [-0.4, -0.2) is 21.9 Å². The quantitative estimate of drug-likeness (QED) is 0.0786. The normalized spacial score (nSPS) is 11.6. The monoisotopic (exact) mass is 770 g/mol. The van der Waals surface area contributed by atoms with Crippen molar-refractivity contribution in [2.45, 2.75) is 44.9 Å². The summed E-state index contributed by atoms with van der Waals surface area (Å²) in [6, 6.07) is 44.7. The molecule has 0 saturated carbocycles. The summed E-state index contributed by atoms with van der Waals surface area (Å²) in [5.41, 5.74) is 9.86. The molecule has 3 aromatic heterocycles. The van der Waals surface area contributed by atoms with Gasteiger partial charge in [-0.15, -0.1) is 0 Å². The minimum absolute atomic E-state index is 0.275. The predicted molar refractivity (Wildman–Crippen MR) is 239 cm³/mol. The Labute approximate surface area is 340 Å². The van der Waals surface area contributed by atoms with Crippen LogP contribution in [0.25, 0.3) is 79.0 Å². The molecule has 4 nitrogen and oxygen atoms in total. The molecule has 0 saturated heterocycles. The standard InChI is InChI=1S/C51H47FN2O2S/c1-54-48-34-40(38-17-15-36(16-18-38)13-14-37-29-30-53-47(33-37)45-11-7-8-12-46(45)52)21-25-43(48)44-26-22-41(35-49(44)54)51-28-27-50(56-51)39-19-23-42(24-20-39)55-31-9-5-3-2-4-6-10-32-57/h7-8,11-30,33-35,57H,2-6,9-10,31-32H2,1H3/b14-13+. The van der Waals surface area contributed by atoms with Gasteiger partial charge in [0.2, 0.25) is 0 Å². The molecule has 8 aromatic rings. The number of rotatable bonds is 16. The SMILES string of the molecule is Cn1c2cc(-c3ccc(/C=C/c4ccnc(-c5ccccc5F)c4)cc3)ccc2c2ccc(-c3ccc(-c4ccc(OCCCCCCCCCS)cc4)o3)cc21. The average molecular weight is 771 g/mol. The highest BCUT2D eigenvalue weighted by Gasteiger charge is 2.14. The molecule has 0 radical (unpaired) electrons. The number of nitrogens with zero attached hydrogens (tertiary/aromatic N) is 2. The second-order valence-electron chi connectivity index (χ2n) is 14.7. The van der Waals surface area contributed by atoms with Gasteiger partial charge in [-0.2, -0.15) is 12.6 Å². The molecule has 3 heterocycles. The van der Waals surface area contributed by atoms with Crippen LogP contribution in [-0.2, 0) is 7.05 Å². The van der Waals surface area contributed by atoms with E-state index in [1.807, 2.05) is 42.5 Å². The fourth-order valence-corrected chi connectivity index (χ4v) is 7.76. The van der Waals surface area contributed by atoms with Crippen LogP contribution in [0.1, 0.15) is 56.1 Å². The van der Waals surface area contributed by atoms with Crippen molar-refractivity contribution in [2.24, 2.45) is 7.05 Å². The molecule has 0 bridgehead atoms. The lowest BCUT2D eigenvalue weighted by molar-refractivity contribution is 0.304. The van der Waals surface area contributed by atoms with E-state index in [1.54, 1.807) is 18.3 Å². The van der Waals surface area contributed by atoms with Gasteiger partial charge in [0.25, 0.3) is 0 Å². The van der Waals surface area contributed by atoms with Crippen LogP contribution < -0.4 is 4.74 Å². The third-order valence-corrected chi connectivity index (χ3v) is 11.1. The van der Waals surface area contributed by atoms with Crippen molar-refractivity contribution in [1.29, 1.82) is 0 Å². The van der Waals surface area contributed by atoms with E-state index in [0.29, 0.717) is 11.3 Å². The number of unbranched alkanes of at least 4 members (excludes halogenated alkanes) is 6. The van der Waals surface area contributed by atoms with Crippen LogP contribution in [0.5, 0.6) is 5.75 Å². The Morgan fingerprint density at radius 3 is 1.96 bits per heavy atom. The third-order valence-electron chi connectivity index (χ3n) is 10.8. The molecular formula is C51H47FN2O2S. The average Bonchev–Trinajstić information content (AvgIpc) is 3.86. The molecule has 0 unspecified atom stereocenters. The Morgan fingerprint density at radius 2 is 1.23 bits per heavy atom. The van der Waals surface area contributed by atoms with E-state index in [2.05, 4.69) is 114 Å². The fraction of sp³-hybridized carbons (Fsp3) is 0.196. The molecule has 0 fully saturated rings. The van der Waals surface area contributed by atoms with Gasteiger partial charge in [0, 0.05) is 51.7 Å². The number of ether oxygens (including phenoxy) is 1. The second-order valence-corrected chi connectivity index (χ2v) is 15.1. The highest BCUT2D eigenvalue weighted by Crippen LogP contribution is 2.36. The number of benzene rings is 5. The number of halogens is 1. The van der Waals surface area contributed by atoms with E-state index in [1.165, 1.54) is 60.9 Å². The number of aryl methyl sites for hydroxylation is 1. The van der Waals surface area contributed by atoms with Crippen LogP contribution in [0.2, 0.25) is 0 Å². The molecule has 286 valence electrons. The lowest BCUT2D eigenvalue weighted by atomic mass is 10.0. The third kappa shape index (κ3) is 8.92. The molecular weight excluding hydrogens is 724 g/mol. The molecule has 0 aliphatic heterocycles. The van der Waals surface area contributed by atoms with Gasteiger partial charge in [0.15, 0.2) is 0 Å². The van der Waals surface area contributed by atoms with Crippen LogP contribution in [0.4, 0.5) is 4.39 Å². The van der Waals surface area contributed by atoms with Crippen molar-refractivity contribution in [2.75, 3.05) is 12.4 Å². The van der Waals surface area contributed by atoms with Gasteiger partial charge in [0.05, 0.1) is 12.3 Å². The number of hydrogen-bond acceptors (Lipinski definition) is 4. The smallest absolute Gasteiger partial charge is 0.134 e. The van der Waals surface area contributed by atoms with Crippen LogP contribution in [0.3, 0.4) is 0 Å². The maximum absolute atomic E-state index is 14.3. The zero-order valence-corrected chi connectivity index (χ0v) is 33.2. The summed E-state index contributed by atoms with van der Waals surface area (Å²) in [5.74, 6) is 3.29. The molecule has 0 spiro atoms. The maximum Gasteiger partial charge on any atom is 0.134 e. The zero-order valence-electron chi connectivity index (χ0n) is 32.3. The molecule has 0 aliphatic carbocycles. The van der Waals surface area contributed by atoms with Gasteiger partial charge in [-0.3, -0.25) is 4.98 Å². The Balaban J connectivity index is 0.918. The summed E-state index contributed by atoms with van der Waals surface area (Å²) < 4.78 is 29.0. The highest BCUT2D eigenvalue weighted by atomic mass is 32.1. The van der Waals surface area contributed by atoms with Gasteiger partial charge < -0.3 is 13.7 Å². The Hall–Kier alpha value is -5.85. The maximum atomic E-state index is 14.3. The fourth-order valence-electron chi connectivity index (χ4n) is 7.53. The topological polar surface area (TPSA) is 40.2 Å². The molecule has 0 aliphatic rings. The van der Waals surface area contributed by atoms with Crippen LogP contribution >= 0.6 is 12.6 Å². The first kappa shape index (κ1) is 38.0. The summed E-state index contributed by atoms with van der Waals surface area (Å²) in [6.07, 6.45) is 14.5. The Bertz CT molecular complexity index is 2620. The summed E-state index contributed by atoms with van der Waals surface area (Å²) in [6.45, 7) is 0.751. The summed E-state index contributed by atoms with van der Waals surface area (Å²) >= 11 is 4.29. The minimum atomic E-state index is -0.275. The Kier molecular flexibility index (Phi) is 12.0. The van der Waals surface area contributed by atoms with Crippen molar-refractivity contribution in [3.05, 3.63) is 157 Å². The van der Waals surface area contributed by atoms with Crippen molar-refractivity contribution in [3.63, 3.8) is 0 Å². The zero-order chi connectivity index (χ0) is 39.0. The molecule has 0 N–H and O–H groups in total. The number of furan rings is 1. The van der Waals surface area contributed by atoms with E-state index in [0.717, 1.165) is 74.9 Å². The molecule has 6 heteroatoms. The number of hydrogen-bond donors (Lipinski definition) is 1. The van der Waals surface area contributed by atoms with Crippen LogP contribution in [0.15, 0.2) is 144 Å². The number of pyridine rings is 1. The van der Waals surface area contributed by atoms with Crippen molar-refractivity contribution < 1.29 is 13.5 Å².